The first-order valence-corrected chi connectivity index (χ1v) is 9.80. The first-order valence-electron chi connectivity index (χ1n) is 9.80. The Morgan fingerprint density at radius 1 is 1.20 bits per heavy atom. The highest BCUT2D eigenvalue weighted by atomic mass is 16.5. The van der Waals surface area contributed by atoms with Crippen LogP contribution in [-0.2, 0) is 19.1 Å². The summed E-state index contributed by atoms with van der Waals surface area (Å²) >= 11 is 0. The smallest absolute Gasteiger partial charge is 0.264 e. The van der Waals surface area contributed by atoms with Gasteiger partial charge in [-0.3, -0.25) is 34.2 Å². The average Bonchev–Trinajstić information content (AvgIpc) is 2.98. The van der Waals surface area contributed by atoms with E-state index >= 15 is 0 Å². The van der Waals surface area contributed by atoms with Crippen LogP contribution in [0, 0.1) is 0 Å². The van der Waals surface area contributed by atoms with Crippen LogP contribution in [0.1, 0.15) is 46.4 Å². The number of imide groups is 2. The second kappa shape index (κ2) is 9.49. The van der Waals surface area contributed by atoms with Gasteiger partial charge in [-0.25, -0.2) is 0 Å². The number of piperidine rings is 1. The predicted octanol–water partition coefficient (Wildman–Crippen LogP) is 0.0425. The van der Waals surface area contributed by atoms with E-state index in [0.717, 1.165) is 11.3 Å². The molecule has 30 heavy (non-hydrogen) atoms. The Morgan fingerprint density at radius 2 is 2.00 bits per heavy atom. The number of ether oxygens (including phenoxy) is 1. The van der Waals surface area contributed by atoms with Crippen LogP contribution in [0.5, 0.6) is 0 Å². The van der Waals surface area contributed by atoms with E-state index in [1.807, 2.05) is 0 Å². The van der Waals surface area contributed by atoms with Gasteiger partial charge in [0.15, 0.2) is 0 Å². The lowest BCUT2D eigenvalue weighted by atomic mass is 10.0. The molecule has 0 aliphatic carbocycles. The zero-order valence-corrected chi connectivity index (χ0v) is 16.7. The minimum Gasteiger partial charge on any atom is -0.384 e. The van der Waals surface area contributed by atoms with Gasteiger partial charge in [0, 0.05) is 32.3 Å². The van der Waals surface area contributed by atoms with E-state index < -0.39 is 29.7 Å². The van der Waals surface area contributed by atoms with Crippen molar-refractivity contribution in [2.75, 3.05) is 32.1 Å². The third kappa shape index (κ3) is 4.48. The molecule has 10 nitrogen and oxygen atoms in total. The Hall–Kier alpha value is -3.27. The fourth-order valence-corrected chi connectivity index (χ4v) is 3.45. The maximum atomic E-state index is 13.0. The lowest BCUT2D eigenvalue weighted by Gasteiger charge is -2.27. The van der Waals surface area contributed by atoms with E-state index in [2.05, 4.69) is 16.0 Å². The molecule has 0 bridgehead atoms. The topological polar surface area (TPSA) is 134 Å². The number of carbonyl (C=O) groups excluding carboxylic acids is 5. The minimum absolute atomic E-state index is 0.0168. The molecule has 10 heteroatoms. The van der Waals surface area contributed by atoms with Crippen molar-refractivity contribution in [2.45, 2.75) is 31.7 Å². The van der Waals surface area contributed by atoms with Crippen molar-refractivity contribution in [3.8, 4) is 0 Å². The quantitative estimate of drug-likeness (QED) is 0.382. The first-order chi connectivity index (χ1) is 14.4. The number of likely N-dealkylation sites (N-methyl/N-ethyl adjacent to an activating group) is 1. The molecule has 0 aromatic heterocycles. The lowest BCUT2D eigenvalue weighted by Crippen LogP contribution is -2.54. The largest absolute Gasteiger partial charge is 0.384 e. The number of rotatable bonds is 9. The summed E-state index contributed by atoms with van der Waals surface area (Å²) in [6, 6.07) is 3.95. The number of benzene rings is 1. The Balaban J connectivity index is 1.59. The van der Waals surface area contributed by atoms with Crippen LogP contribution in [0.4, 0.5) is 5.69 Å². The van der Waals surface area contributed by atoms with Gasteiger partial charge in [-0.1, -0.05) is 6.07 Å². The van der Waals surface area contributed by atoms with Crippen molar-refractivity contribution in [1.29, 1.82) is 0 Å². The predicted molar refractivity (Wildman–Crippen MR) is 106 cm³/mol. The van der Waals surface area contributed by atoms with E-state index in [-0.39, 0.29) is 36.5 Å². The molecule has 160 valence electrons. The molecule has 0 saturated carbocycles. The number of unbranched alkanes of at least 4 members (excludes halogenated alkanes) is 1. The summed E-state index contributed by atoms with van der Waals surface area (Å²) in [5, 5.41) is 7.81. The van der Waals surface area contributed by atoms with Gasteiger partial charge in [-0.2, -0.15) is 0 Å². The maximum absolute atomic E-state index is 13.0. The Labute approximate surface area is 173 Å². The highest BCUT2D eigenvalue weighted by Crippen LogP contribution is 2.32. The Bertz CT molecular complexity index is 884. The van der Waals surface area contributed by atoms with Gasteiger partial charge in [-0.15, -0.1) is 0 Å². The molecule has 3 rings (SSSR count). The van der Waals surface area contributed by atoms with E-state index in [9.17, 15) is 24.0 Å². The molecule has 1 fully saturated rings. The molecular weight excluding hydrogens is 392 g/mol. The van der Waals surface area contributed by atoms with E-state index in [1.54, 1.807) is 25.2 Å². The molecule has 3 N–H and O–H groups in total. The molecule has 2 aliphatic rings. The highest BCUT2D eigenvalue weighted by Gasteiger charge is 2.45. The van der Waals surface area contributed by atoms with E-state index in [1.165, 1.54) is 0 Å². The molecule has 1 saturated heterocycles. The van der Waals surface area contributed by atoms with Crippen LogP contribution in [0.25, 0.3) is 0 Å². The molecule has 1 aromatic carbocycles. The summed E-state index contributed by atoms with van der Waals surface area (Å²) in [6.07, 6.45) is 1.65. The van der Waals surface area contributed by atoms with Crippen molar-refractivity contribution in [1.82, 2.24) is 15.5 Å². The van der Waals surface area contributed by atoms with Crippen LogP contribution in [-0.4, -0.2) is 67.3 Å². The molecule has 1 unspecified atom stereocenters. The molecule has 0 spiro atoms. The van der Waals surface area contributed by atoms with Crippen LogP contribution < -0.4 is 16.0 Å². The summed E-state index contributed by atoms with van der Waals surface area (Å²) < 4.78 is 5.24. The molecule has 2 aliphatic heterocycles. The van der Waals surface area contributed by atoms with Crippen molar-refractivity contribution >= 4 is 35.2 Å². The molecule has 2 heterocycles. The Morgan fingerprint density at radius 3 is 2.73 bits per heavy atom. The third-order valence-electron chi connectivity index (χ3n) is 5.01. The number of hydrogen-bond donors (Lipinski definition) is 3. The summed E-state index contributed by atoms with van der Waals surface area (Å²) in [4.78, 5) is 61.3. The fourth-order valence-electron chi connectivity index (χ4n) is 3.45. The van der Waals surface area contributed by atoms with Crippen LogP contribution >= 0.6 is 0 Å². The summed E-state index contributed by atoms with van der Waals surface area (Å²) in [7, 11) is 1.54. The number of anilines is 1. The lowest BCUT2D eigenvalue weighted by molar-refractivity contribution is -0.136. The zero-order valence-electron chi connectivity index (χ0n) is 16.7. The van der Waals surface area contributed by atoms with Crippen molar-refractivity contribution in [2.24, 2.45) is 0 Å². The standard InChI is InChI=1S/C20H24N4O6/c1-21-16(26)11-30-10-3-2-9-22-13-6-4-5-12-17(13)20(29)24(19(12)28)14-7-8-15(25)23-18(14)27/h4-6,14,22H,2-3,7-11H2,1H3,(H,21,26)(H,23,25,27). The SMILES string of the molecule is CNC(=O)COCCCCNc1cccc2c1C(=O)N(C1CCC(=O)NC1=O)C2=O. The molecule has 0 radical (unpaired) electrons. The molecule has 1 aromatic rings. The van der Waals surface area contributed by atoms with E-state index in [4.69, 9.17) is 4.74 Å². The fraction of sp³-hybridized carbons (Fsp3) is 0.450. The number of carbonyl (C=O) groups is 5. The molecule has 1 atom stereocenters. The molecular formula is C20H24N4O6. The number of nitrogens with zero attached hydrogens (tertiary/aromatic N) is 1. The van der Waals surface area contributed by atoms with Gasteiger partial charge in [0.05, 0.1) is 11.1 Å². The van der Waals surface area contributed by atoms with Gasteiger partial charge in [-0.05, 0) is 31.4 Å². The second-order valence-corrected chi connectivity index (χ2v) is 7.03. The minimum atomic E-state index is -0.986. The van der Waals surface area contributed by atoms with Gasteiger partial charge in [0.2, 0.25) is 17.7 Å². The summed E-state index contributed by atoms with van der Waals surface area (Å²) in [6.45, 7) is 0.991. The number of hydrogen-bond acceptors (Lipinski definition) is 7. The van der Waals surface area contributed by atoms with Crippen LogP contribution in [0.15, 0.2) is 18.2 Å². The average molecular weight is 416 g/mol. The third-order valence-corrected chi connectivity index (χ3v) is 5.01. The molecule has 5 amide bonds. The summed E-state index contributed by atoms with van der Waals surface area (Å²) in [5.41, 5.74) is 0.999. The monoisotopic (exact) mass is 416 g/mol. The van der Waals surface area contributed by atoms with Crippen molar-refractivity contribution in [3.63, 3.8) is 0 Å². The Kier molecular flexibility index (Phi) is 6.78. The van der Waals surface area contributed by atoms with Crippen molar-refractivity contribution in [3.05, 3.63) is 29.3 Å². The number of amides is 5. The van der Waals surface area contributed by atoms with Gasteiger partial charge in [0.25, 0.3) is 11.8 Å². The van der Waals surface area contributed by atoms with E-state index in [0.29, 0.717) is 25.3 Å². The normalized spacial score (nSPS) is 18.3. The maximum Gasteiger partial charge on any atom is 0.264 e. The van der Waals surface area contributed by atoms with Gasteiger partial charge in [0.1, 0.15) is 12.6 Å². The van der Waals surface area contributed by atoms with Crippen molar-refractivity contribution < 1.29 is 28.7 Å². The van der Waals surface area contributed by atoms with Gasteiger partial charge >= 0.3 is 0 Å². The van der Waals surface area contributed by atoms with Crippen LogP contribution in [0.2, 0.25) is 0 Å². The highest BCUT2D eigenvalue weighted by molar-refractivity contribution is 6.25. The number of fused-ring (bicyclic) bond motifs is 1. The summed E-state index contributed by atoms with van der Waals surface area (Å²) in [5.74, 6) is -2.30. The second-order valence-electron chi connectivity index (χ2n) is 7.03. The van der Waals surface area contributed by atoms with Crippen LogP contribution in [0.3, 0.4) is 0 Å². The van der Waals surface area contributed by atoms with Gasteiger partial charge < -0.3 is 15.4 Å². The zero-order chi connectivity index (χ0) is 21.7. The number of nitrogens with one attached hydrogen (secondary N) is 3. The first kappa shape index (κ1) is 21.4.